The average Bonchev–Trinajstić information content (AvgIpc) is 2.87. The third kappa shape index (κ3) is 1.23. The van der Waals surface area contributed by atoms with Gasteiger partial charge in [-0.2, -0.15) is 0 Å². The molecule has 1 aromatic rings. The molecule has 14 heavy (non-hydrogen) atoms. The van der Waals surface area contributed by atoms with Crippen LogP contribution < -0.4 is 5.73 Å². The Hall–Kier alpha value is -0.960. The standard InChI is InChI=1S/C11H13F2N/c1-6-8(11(14)3-4-11)5-9(12)7(2)10(6)13/h5H,3-4,14H2,1-2H3. The Morgan fingerprint density at radius 2 is 1.79 bits per heavy atom. The van der Waals surface area contributed by atoms with Crippen LogP contribution >= 0.6 is 0 Å². The van der Waals surface area contributed by atoms with E-state index >= 15 is 0 Å². The van der Waals surface area contributed by atoms with Crippen LogP contribution in [0.3, 0.4) is 0 Å². The maximum atomic E-state index is 13.5. The maximum absolute atomic E-state index is 13.5. The summed E-state index contributed by atoms with van der Waals surface area (Å²) in [4.78, 5) is 0. The lowest BCUT2D eigenvalue weighted by Crippen LogP contribution is -2.21. The van der Waals surface area contributed by atoms with E-state index < -0.39 is 17.2 Å². The highest BCUT2D eigenvalue weighted by Crippen LogP contribution is 2.45. The molecule has 0 atom stereocenters. The Bertz CT molecular complexity index is 395. The monoisotopic (exact) mass is 197 g/mol. The number of hydrogen-bond donors (Lipinski definition) is 1. The predicted octanol–water partition coefficient (Wildman–Crippen LogP) is 2.53. The topological polar surface area (TPSA) is 26.0 Å². The summed E-state index contributed by atoms with van der Waals surface area (Å²) in [5.41, 5.74) is 6.64. The van der Waals surface area contributed by atoms with Crippen LogP contribution in [0, 0.1) is 25.5 Å². The molecule has 1 aliphatic rings. The van der Waals surface area contributed by atoms with Gasteiger partial charge < -0.3 is 5.73 Å². The van der Waals surface area contributed by atoms with Crippen molar-refractivity contribution in [3.05, 3.63) is 34.4 Å². The van der Waals surface area contributed by atoms with E-state index in [4.69, 9.17) is 5.73 Å². The fourth-order valence-electron chi connectivity index (χ4n) is 1.77. The molecule has 0 spiro atoms. The second-order valence-corrected chi connectivity index (χ2v) is 4.13. The lowest BCUT2D eigenvalue weighted by molar-refractivity contribution is 0.550. The first-order valence-corrected chi connectivity index (χ1v) is 4.70. The highest BCUT2D eigenvalue weighted by molar-refractivity contribution is 5.40. The Kier molecular flexibility index (Phi) is 1.89. The smallest absolute Gasteiger partial charge is 0.132 e. The third-order valence-electron chi connectivity index (χ3n) is 3.02. The minimum atomic E-state index is -0.500. The zero-order chi connectivity index (χ0) is 10.5. The normalized spacial score (nSPS) is 18.4. The van der Waals surface area contributed by atoms with Crippen molar-refractivity contribution in [3.8, 4) is 0 Å². The zero-order valence-electron chi connectivity index (χ0n) is 8.32. The largest absolute Gasteiger partial charge is 0.321 e. The molecule has 3 heteroatoms. The quantitative estimate of drug-likeness (QED) is 0.735. The minimum Gasteiger partial charge on any atom is -0.321 e. The fourth-order valence-corrected chi connectivity index (χ4v) is 1.77. The fraction of sp³-hybridized carbons (Fsp3) is 0.455. The Labute approximate surface area is 81.9 Å². The van der Waals surface area contributed by atoms with Gasteiger partial charge in [0, 0.05) is 11.1 Å². The van der Waals surface area contributed by atoms with E-state index in [1.807, 2.05) is 0 Å². The molecule has 1 aliphatic carbocycles. The minimum absolute atomic E-state index is 0.0792. The van der Waals surface area contributed by atoms with Gasteiger partial charge in [-0.1, -0.05) is 0 Å². The Morgan fingerprint density at radius 1 is 1.21 bits per heavy atom. The van der Waals surface area contributed by atoms with Crippen molar-refractivity contribution in [1.29, 1.82) is 0 Å². The molecule has 76 valence electrons. The summed E-state index contributed by atoms with van der Waals surface area (Å²) in [6.07, 6.45) is 1.63. The van der Waals surface area contributed by atoms with Gasteiger partial charge in [-0.3, -0.25) is 0 Å². The van der Waals surface area contributed by atoms with Crippen molar-refractivity contribution < 1.29 is 8.78 Å². The Morgan fingerprint density at radius 3 is 2.29 bits per heavy atom. The average molecular weight is 197 g/mol. The highest BCUT2D eigenvalue weighted by Gasteiger charge is 2.42. The van der Waals surface area contributed by atoms with E-state index in [2.05, 4.69) is 0 Å². The van der Waals surface area contributed by atoms with Crippen molar-refractivity contribution >= 4 is 0 Å². The van der Waals surface area contributed by atoms with Gasteiger partial charge >= 0.3 is 0 Å². The molecule has 0 aliphatic heterocycles. The number of halogens is 2. The molecule has 1 aromatic carbocycles. The highest BCUT2D eigenvalue weighted by atomic mass is 19.1. The van der Waals surface area contributed by atoms with E-state index in [0.29, 0.717) is 11.1 Å². The van der Waals surface area contributed by atoms with Gasteiger partial charge in [0.1, 0.15) is 11.6 Å². The number of rotatable bonds is 1. The first kappa shape index (κ1) is 9.59. The van der Waals surface area contributed by atoms with Gasteiger partial charge in [-0.25, -0.2) is 8.78 Å². The van der Waals surface area contributed by atoms with E-state index in [-0.39, 0.29) is 5.56 Å². The van der Waals surface area contributed by atoms with E-state index in [0.717, 1.165) is 12.8 Å². The molecule has 0 saturated heterocycles. The molecule has 2 rings (SSSR count). The van der Waals surface area contributed by atoms with Gasteiger partial charge in [0.05, 0.1) is 0 Å². The maximum Gasteiger partial charge on any atom is 0.132 e. The van der Waals surface area contributed by atoms with Crippen molar-refractivity contribution in [1.82, 2.24) is 0 Å². The van der Waals surface area contributed by atoms with Crippen LogP contribution in [0.4, 0.5) is 8.78 Å². The van der Waals surface area contributed by atoms with Gasteiger partial charge in [0.2, 0.25) is 0 Å². The summed E-state index contributed by atoms with van der Waals surface area (Å²) in [6, 6.07) is 1.38. The molecule has 2 N–H and O–H groups in total. The molecule has 0 bridgehead atoms. The van der Waals surface area contributed by atoms with Crippen molar-refractivity contribution in [2.75, 3.05) is 0 Å². The number of nitrogens with two attached hydrogens (primary N) is 1. The lowest BCUT2D eigenvalue weighted by atomic mass is 9.97. The first-order chi connectivity index (χ1) is 6.46. The molecular formula is C11H13F2N. The van der Waals surface area contributed by atoms with E-state index in [9.17, 15) is 8.78 Å². The molecule has 0 unspecified atom stereocenters. The third-order valence-corrected chi connectivity index (χ3v) is 3.02. The second-order valence-electron chi connectivity index (χ2n) is 4.13. The molecule has 0 aromatic heterocycles. The van der Waals surface area contributed by atoms with Crippen molar-refractivity contribution in [2.24, 2.45) is 5.73 Å². The summed E-state index contributed by atoms with van der Waals surface area (Å²) in [7, 11) is 0. The predicted molar refractivity (Wildman–Crippen MR) is 50.9 cm³/mol. The second kappa shape index (κ2) is 2.76. The van der Waals surface area contributed by atoms with Gasteiger partial charge in [0.15, 0.2) is 0 Å². The molecule has 0 radical (unpaired) electrons. The first-order valence-electron chi connectivity index (χ1n) is 4.70. The van der Waals surface area contributed by atoms with Crippen LogP contribution in [-0.4, -0.2) is 0 Å². The van der Waals surface area contributed by atoms with Crippen LogP contribution in [0.15, 0.2) is 6.07 Å². The van der Waals surface area contributed by atoms with Crippen molar-refractivity contribution in [2.45, 2.75) is 32.2 Å². The summed E-state index contributed by atoms with van der Waals surface area (Å²) in [5, 5.41) is 0. The lowest BCUT2D eigenvalue weighted by Gasteiger charge is -2.15. The number of benzene rings is 1. The van der Waals surface area contributed by atoms with Gasteiger partial charge in [-0.05, 0) is 43.9 Å². The summed E-state index contributed by atoms with van der Waals surface area (Å²) in [5.74, 6) is -0.962. The van der Waals surface area contributed by atoms with Gasteiger partial charge in [-0.15, -0.1) is 0 Å². The Balaban J connectivity index is 2.62. The van der Waals surface area contributed by atoms with Crippen LogP contribution in [-0.2, 0) is 5.54 Å². The molecular weight excluding hydrogens is 184 g/mol. The van der Waals surface area contributed by atoms with E-state index in [1.54, 1.807) is 6.92 Å². The van der Waals surface area contributed by atoms with Crippen LogP contribution in [0.1, 0.15) is 29.5 Å². The van der Waals surface area contributed by atoms with Crippen LogP contribution in [0.25, 0.3) is 0 Å². The summed E-state index contributed by atoms with van der Waals surface area (Å²) < 4.78 is 26.8. The SMILES string of the molecule is Cc1c(F)cc(C2(N)CC2)c(C)c1F. The summed E-state index contributed by atoms with van der Waals surface area (Å²) >= 11 is 0. The molecule has 1 fully saturated rings. The molecule has 0 heterocycles. The molecule has 1 saturated carbocycles. The van der Waals surface area contributed by atoms with Crippen LogP contribution in [0.2, 0.25) is 0 Å². The summed E-state index contributed by atoms with van der Waals surface area (Å²) in [6.45, 7) is 3.10. The number of hydrogen-bond acceptors (Lipinski definition) is 1. The molecule has 1 nitrogen and oxygen atoms in total. The molecule has 0 amide bonds. The van der Waals surface area contributed by atoms with E-state index in [1.165, 1.54) is 13.0 Å². The van der Waals surface area contributed by atoms with Crippen molar-refractivity contribution in [3.63, 3.8) is 0 Å². The zero-order valence-corrected chi connectivity index (χ0v) is 8.32. The van der Waals surface area contributed by atoms with Crippen LogP contribution in [0.5, 0.6) is 0 Å². The van der Waals surface area contributed by atoms with Gasteiger partial charge in [0.25, 0.3) is 0 Å².